The van der Waals surface area contributed by atoms with Crippen molar-refractivity contribution < 1.29 is 33.3 Å². The summed E-state index contributed by atoms with van der Waals surface area (Å²) in [6, 6.07) is 12.4. The lowest BCUT2D eigenvalue weighted by Gasteiger charge is -2.19. The number of benzene rings is 2. The second-order valence-corrected chi connectivity index (χ2v) is 9.25. The molecule has 0 heterocycles. The number of nitrogens with one attached hydrogen (secondary N) is 1. The van der Waals surface area contributed by atoms with Crippen molar-refractivity contribution in [2.24, 2.45) is 0 Å². The Bertz CT molecular complexity index is 1000. The fourth-order valence-corrected chi connectivity index (χ4v) is 3.78. The molecule has 1 N–H and O–H groups in total. The first kappa shape index (κ1) is 27.0. The van der Waals surface area contributed by atoms with Crippen molar-refractivity contribution >= 4 is 29.6 Å². The molecule has 1 amide bonds. The lowest BCUT2D eigenvalue weighted by Crippen LogP contribution is -2.28. The minimum Gasteiger partial charge on any atom is -0.493 e. The van der Waals surface area contributed by atoms with Crippen LogP contribution in [0.25, 0.3) is 0 Å². The van der Waals surface area contributed by atoms with Crippen LogP contribution in [0.3, 0.4) is 0 Å². The SMILES string of the molecule is COc1ccc(CCNC(=O)CSc2ccccc2C(=O)OCC(=O)OC(C)(C)C)cc1OC. The van der Waals surface area contributed by atoms with E-state index in [9.17, 15) is 14.4 Å². The monoisotopic (exact) mass is 489 g/mol. The molecule has 0 atom stereocenters. The molecular formula is C25H31NO7S. The first-order chi connectivity index (χ1) is 16.1. The van der Waals surface area contributed by atoms with Gasteiger partial charge in [0.2, 0.25) is 5.91 Å². The van der Waals surface area contributed by atoms with Crippen molar-refractivity contribution in [3.8, 4) is 11.5 Å². The van der Waals surface area contributed by atoms with Gasteiger partial charge in [0.05, 0.1) is 25.5 Å². The summed E-state index contributed by atoms with van der Waals surface area (Å²) >= 11 is 1.22. The predicted octanol–water partition coefficient (Wildman–Crippen LogP) is 3.65. The second-order valence-electron chi connectivity index (χ2n) is 8.24. The number of rotatable bonds is 11. The van der Waals surface area contributed by atoms with E-state index in [0.717, 1.165) is 5.56 Å². The zero-order chi connectivity index (χ0) is 25.1. The van der Waals surface area contributed by atoms with Gasteiger partial charge < -0.3 is 24.3 Å². The Morgan fingerprint density at radius 3 is 2.35 bits per heavy atom. The minimum absolute atomic E-state index is 0.127. The number of amides is 1. The maximum atomic E-state index is 12.4. The highest BCUT2D eigenvalue weighted by atomic mass is 32.2. The highest BCUT2D eigenvalue weighted by Gasteiger charge is 2.19. The molecule has 0 saturated carbocycles. The van der Waals surface area contributed by atoms with Crippen molar-refractivity contribution in [3.05, 3.63) is 53.6 Å². The molecule has 0 aromatic heterocycles. The van der Waals surface area contributed by atoms with Gasteiger partial charge in [0.1, 0.15) is 5.60 Å². The number of methoxy groups -OCH3 is 2. The van der Waals surface area contributed by atoms with E-state index < -0.39 is 24.1 Å². The lowest BCUT2D eigenvalue weighted by atomic mass is 10.1. The molecule has 0 aliphatic carbocycles. The summed E-state index contributed by atoms with van der Waals surface area (Å²) in [5.74, 6) is -0.0282. The number of hydrogen-bond acceptors (Lipinski definition) is 8. The van der Waals surface area contributed by atoms with Crippen molar-refractivity contribution in [1.29, 1.82) is 0 Å². The first-order valence-corrected chi connectivity index (χ1v) is 11.7. The highest BCUT2D eigenvalue weighted by molar-refractivity contribution is 8.00. The largest absolute Gasteiger partial charge is 0.493 e. The summed E-state index contributed by atoms with van der Waals surface area (Å²) < 4.78 is 20.7. The standard InChI is InChI=1S/C25H31NO7S/c1-25(2,3)33-23(28)15-32-24(29)18-8-6-7-9-21(18)34-16-22(27)26-13-12-17-10-11-19(30-4)20(14-17)31-5/h6-11,14H,12-13,15-16H2,1-5H3,(H,26,27). The third-order valence-electron chi connectivity index (χ3n) is 4.39. The normalized spacial score (nSPS) is 10.9. The molecule has 2 aromatic carbocycles. The Kier molecular flexibility index (Phi) is 10.2. The second kappa shape index (κ2) is 12.9. The average molecular weight is 490 g/mol. The number of esters is 2. The summed E-state index contributed by atoms with van der Waals surface area (Å²) in [6.45, 7) is 5.17. The first-order valence-electron chi connectivity index (χ1n) is 10.7. The van der Waals surface area contributed by atoms with Gasteiger partial charge in [-0.2, -0.15) is 0 Å². The molecule has 0 saturated heterocycles. The molecule has 0 aliphatic heterocycles. The Hall–Kier alpha value is -3.20. The van der Waals surface area contributed by atoms with Crippen LogP contribution in [0.5, 0.6) is 11.5 Å². The van der Waals surface area contributed by atoms with Crippen LogP contribution in [0.15, 0.2) is 47.4 Å². The van der Waals surface area contributed by atoms with Gasteiger partial charge in [0, 0.05) is 11.4 Å². The molecule has 9 heteroatoms. The van der Waals surface area contributed by atoms with Crippen LogP contribution < -0.4 is 14.8 Å². The van der Waals surface area contributed by atoms with Crippen LogP contribution in [0.2, 0.25) is 0 Å². The minimum atomic E-state index is -0.663. The van der Waals surface area contributed by atoms with Crippen LogP contribution in [-0.2, 0) is 25.5 Å². The van der Waals surface area contributed by atoms with Crippen molar-refractivity contribution in [3.63, 3.8) is 0 Å². The number of ether oxygens (including phenoxy) is 4. The van der Waals surface area contributed by atoms with Gasteiger partial charge in [-0.3, -0.25) is 4.79 Å². The quantitative estimate of drug-likeness (QED) is 0.377. The van der Waals surface area contributed by atoms with Gasteiger partial charge in [-0.1, -0.05) is 18.2 Å². The van der Waals surface area contributed by atoms with Crippen LogP contribution in [-0.4, -0.2) is 56.6 Å². The van der Waals surface area contributed by atoms with E-state index >= 15 is 0 Å². The lowest BCUT2D eigenvalue weighted by molar-refractivity contribution is -0.158. The summed E-state index contributed by atoms with van der Waals surface area (Å²) in [6.07, 6.45) is 0.629. The van der Waals surface area contributed by atoms with E-state index in [1.165, 1.54) is 11.8 Å². The maximum Gasteiger partial charge on any atom is 0.344 e. The molecule has 2 rings (SSSR count). The summed E-state index contributed by atoms with van der Waals surface area (Å²) in [7, 11) is 3.15. The van der Waals surface area contributed by atoms with E-state index in [-0.39, 0.29) is 17.2 Å². The van der Waals surface area contributed by atoms with Crippen LogP contribution in [0.1, 0.15) is 36.7 Å². The van der Waals surface area contributed by atoms with Gasteiger partial charge in [-0.25, -0.2) is 9.59 Å². The number of thioether (sulfide) groups is 1. The zero-order valence-corrected chi connectivity index (χ0v) is 21.0. The number of hydrogen-bond donors (Lipinski definition) is 1. The van der Waals surface area contributed by atoms with E-state index in [0.29, 0.717) is 29.4 Å². The molecule has 0 aliphatic rings. The molecular weight excluding hydrogens is 458 g/mol. The van der Waals surface area contributed by atoms with Crippen LogP contribution in [0.4, 0.5) is 0 Å². The van der Waals surface area contributed by atoms with Gasteiger partial charge >= 0.3 is 11.9 Å². The van der Waals surface area contributed by atoms with Crippen molar-refractivity contribution in [1.82, 2.24) is 5.32 Å². The topological polar surface area (TPSA) is 100 Å². The van der Waals surface area contributed by atoms with Crippen molar-refractivity contribution in [2.45, 2.75) is 37.7 Å². The number of carbonyl (C=O) groups is 3. The van der Waals surface area contributed by atoms with E-state index in [1.807, 2.05) is 18.2 Å². The molecule has 2 aromatic rings. The molecule has 0 fully saturated rings. The molecule has 0 unspecified atom stereocenters. The average Bonchev–Trinajstić information content (AvgIpc) is 2.80. The third-order valence-corrected chi connectivity index (χ3v) is 5.46. The summed E-state index contributed by atoms with van der Waals surface area (Å²) in [5, 5.41) is 2.87. The Morgan fingerprint density at radius 2 is 1.68 bits per heavy atom. The molecule has 184 valence electrons. The van der Waals surface area contributed by atoms with Gasteiger partial charge in [-0.05, 0) is 57.0 Å². The Balaban J connectivity index is 1.83. The third kappa shape index (κ3) is 8.97. The van der Waals surface area contributed by atoms with Gasteiger partial charge in [0.25, 0.3) is 0 Å². The fourth-order valence-electron chi connectivity index (χ4n) is 2.91. The number of carbonyl (C=O) groups excluding carboxylic acids is 3. The predicted molar refractivity (Wildman–Crippen MR) is 130 cm³/mol. The summed E-state index contributed by atoms with van der Waals surface area (Å²) in [5.41, 5.74) is 0.627. The molecule has 0 spiro atoms. The zero-order valence-electron chi connectivity index (χ0n) is 20.1. The molecule has 8 nitrogen and oxygen atoms in total. The Morgan fingerprint density at radius 1 is 0.971 bits per heavy atom. The van der Waals surface area contributed by atoms with E-state index in [2.05, 4.69) is 5.32 Å². The van der Waals surface area contributed by atoms with Crippen molar-refractivity contribution in [2.75, 3.05) is 33.1 Å². The van der Waals surface area contributed by atoms with Crippen LogP contribution >= 0.6 is 11.8 Å². The Labute approximate surface area is 204 Å². The highest BCUT2D eigenvalue weighted by Crippen LogP contribution is 2.27. The fraction of sp³-hybridized carbons (Fsp3) is 0.400. The maximum absolute atomic E-state index is 12.4. The summed E-state index contributed by atoms with van der Waals surface area (Å²) in [4.78, 5) is 37.1. The van der Waals surface area contributed by atoms with Gasteiger partial charge in [0.15, 0.2) is 18.1 Å². The molecule has 34 heavy (non-hydrogen) atoms. The van der Waals surface area contributed by atoms with E-state index in [4.69, 9.17) is 18.9 Å². The van der Waals surface area contributed by atoms with Gasteiger partial charge in [-0.15, -0.1) is 11.8 Å². The molecule has 0 bridgehead atoms. The van der Waals surface area contributed by atoms with Crippen LogP contribution in [0, 0.1) is 0 Å². The smallest absolute Gasteiger partial charge is 0.344 e. The van der Waals surface area contributed by atoms with E-state index in [1.54, 1.807) is 59.3 Å². The molecule has 0 radical (unpaired) electrons.